The molecule has 0 bridgehead atoms. The van der Waals surface area contributed by atoms with Crippen LogP contribution in [0.25, 0.3) is 0 Å². The molecule has 0 fully saturated rings. The Kier molecular flexibility index (Phi) is 15.0. The second-order valence-electron chi connectivity index (χ2n) is 12.2. The van der Waals surface area contributed by atoms with Gasteiger partial charge in [-0.1, -0.05) is 49.6 Å². The normalized spacial score (nSPS) is 13.1. The van der Waals surface area contributed by atoms with E-state index in [-0.39, 0.29) is 64.0 Å². The molecule has 54 heavy (non-hydrogen) atoms. The molecule has 0 aliphatic carbocycles. The molecule has 2 heterocycles. The van der Waals surface area contributed by atoms with Gasteiger partial charge in [-0.2, -0.15) is 4.31 Å². The first kappa shape index (κ1) is 43.1. The lowest BCUT2D eigenvalue weighted by atomic mass is 10.1. The molecule has 0 unspecified atom stereocenters. The number of halogens is 10. The molecule has 1 N–H and O–H groups in total. The molecule has 0 saturated heterocycles. The zero-order chi connectivity index (χ0) is 39.9. The summed E-state index contributed by atoms with van der Waals surface area (Å²) in [5, 5.41) is 3.55. The van der Waals surface area contributed by atoms with Crippen molar-refractivity contribution in [2.75, 3.05) is 0 Å². The van der Waals surface area contributed by atoms with E-state index in [1.165, 1.54) is 24.3 Å². The van der Waals surface area contributed by atoms with Gasteiger partial charge in [0.05, 0.1) is 4.90 Å². The van der Waals surface area contributed by atoms with Crippen molar-refractivity contribution in [1.82, 2.24) is 9.62 Å². The van der Waals surface area contributed by atoms with Crippen LogP contribution in [0.15, 0.2) is 77.7 Å². The van der Waals surface area contributed by atoms with Crippen LogP contribution in [0.2, 0.25) is 0 Å². The fourth-order valence-electron chi connectivity index (χ4n) is 5.43. The van der Waals surface area contributed by atoms with Gasteiger partial charge in [0.15, 0.2) is 0 Å². The topological polar surface area (TPSA) is 49.4 Å². The Labute approximate surface area is 325 Å². The van der Waals surface area contributed by atoms with Gasteiger partial charge < -0.3 is 5.32 Å². The fraction of sp³-hybridized carbons (Fsp3) is 0.231. The minimum atomic E-state index is -3.76. The minimum absolute atomic E-state index is 0.116. The Hall–Kier alpha value is -3.63. The van der Waals surface area contributed by atoms with E-state index in [4.69, 9.17) is 0 Å². The van der Waals surface area contributed by atoms with Crippen LogP contribution in [0, 0.1) is 67.3 Å². The van der Waals surface area contributed by atoms with Crippen LogP contribution in [0.5, 0.6) is 0 Å². The van der Waals surface area contributed by atoms with Gasteiger partial charge in [0, 0.05) is 70.2 Å². The first-order chi connectivity index (χ1) is 25.5. The number of benzene rings is 5. The third kappa shape index (κ3) is 9.96. The molecule has 2 aliphatic heterocycles. The monoisotopic (exact) mass is 904 g/mol. The molecule has 4 nitrogen and oxygen atoms in total. The predicted molar refractivity (Wildman–Crippen MR) is 198 cm³/mol. The van der Waals surface area contributed by atoms with Crippen molar-refractivity contribution in [3.05, 3.63) is 169 Å². The lowest BCUT2D eigenvalue weighted by Crippen LogP contribution is -2.25. The maximum atomic E-state index is 13.7. The lowest BCUT2D eigenvalue weighted by molar-refractivity contribution is 0.425. The Bertz CT molecular complexity index is 2120. The van der Waals surface area contributed by atoms with Crippen LogP contribution in [-0.4, -0.2) is 12.7 Å². The highest BCUT2D eigenvalue weighted by Crippen LogP contribution is 2.32. The number of sulfonamides is 1. The standard InChI is InChI=1S/C15H13F2NO2S.C8H6Br2F2.C8H7F2N.C8H8F2/c1-10-2-4-11(5-3-10)21(19,20)18-8-12-13(9-18)15(17)7-6-14(12)16;9-3-5-6(4-10)8(12)2-1-7(5)11;9-7-1-2-8(10)6-4-11-3-5(6)7;1-5-6(2)8(10)4-3-7(5)9/h2-7H,8-9H2,1H3;1-2H,3-4H2;1-2,11H,3-4H2;3-4H,1-2H3. The van der Waals surface area contributed by atoms with E-state index >= 15 is 0 Å². The van der Waals surface area contributed by atoms with Gasteiger partial charge in [-0.05, 0) is 92.6 Å². The summed E-state index contributed by atoms with van der Waals surface area (Å²) in [6, 6.07) is 15.3. The number of alkyl halides is 2. The van der Waals surface area contributed by atoms with E-state index in [9.17, 15) is 43.5 Å². The van der Waals surface area contributed by atoms with Crippen LogP contribution in [0.1, 0.15) is 50.1 Å². The van der Waals surface area contributed by atoms with Gasteiger partial charge in [0.2, 0.25) is 10.0 Å². The molecule has 2 aliphatic rings. The average molecular weight is 907 g/mol. The van der Waals surface area contributed by atoms with E-state index in [2.05, 4.69) is 37.2 Å². The van der Waals surface area contributed by atoms with Crippen molar-refractivity contribution in [3.63, 3.8) is 0 Å². The predicted octanol–water partition coefficient (Wildman–Crippen LogP) is 10.9. The number of rotatable bonds is 4. The number of nitrogens with one attached hydrogen (secondary N) is 1. The molecule has 0 amide bonds. The Morgan fingerprint density at radius 1 is 0.519 bits per heavy atom. The van der Waals surface area contributed by atoms with Crippen molar-refractivity contribution in [1.29, 1.82) is 0 Å². The SMILES string of the molecule is Cc1c(F)ccc(F)c1C.Cc1ccc(S(=O)(=O)N2Cc3c(F)ccc(F)c3C2)cc1.Fc1ccc(F)c(CBr)c1CBr.Fc1ccc(F)c2c1CNC2. The molecule has 0 spiro atoms. The van der Waals surface area contributed by atoms with E-state index in [0.717, 1.165) is 46.3 Å². The highest BCUT2D eigenvalue weighted by atomic mass is 79.9. The zero-order valence-corrected chi connectivity index (χ0v) is 33.1. The molecular formula is C39H34Br2F8N2O2S. The number of nitrogens with zero attached hydrogens (tertiary/aromatic N) is 1. The molecule has 288 valence electrons. The summed E-state index contributed by atoms with van der Waals surface area (Å²) < 4.78 is 130. The molecule has 0 atom stereocenters. The average Bonchev–Trinajstić information content (AvgIpc) is 3.85. The number of hydrogen-bond donors (Lipinski definition) is 1. The van der Waals surface area contributed by atoms with Gasteiger partial charge >= 0.3 is 0 Å². The summed E-state index contributed by atoms with van der Waals surface area (Å²) in [6.45, 7) is 5.58. The Morgan fingerprint density at radius 3 is 1.22 bits per heavy atom. The maximum absolute atomic E-state index is 13.7. The van der Waals surface area contributed by atoms with Crippen LogP contribution >= 0.6 is 31.9 Å². The van der Waals surface area contributed by atoms with Crippen LogP contribution in [0.4, 0.5) is 35.1 Å². The summed E-state index contributed by atoms with van der Waals surface area (Å²) in [4.78, 5) is 0.127. The third-order valence-electron chi connectivity index (χ3n) is 8.80. The Morgan fingerprint density at radius 2 is 0.852 bits per heavy atom. The summed E-state index contributed by atoms with van der Waals surface area (Å²) >= 11 is 6.21. The second-order valence-corrected chi connectivity index (χ2v) is 15.3. The van der Waals surface area contributed by atoms with Gasteiger partial charge in [-0.15, -0.1) is 0 Å². The zero-order valence-electron chi connectivity index (χ0n) is 29.1. The fourth-order valence-corrected chi connectivity index (χ4v) is 8.01. The lowest BCUT2D eigenvalue weighted by Gasteiger charge is -2.15. The van der Waals surface area contributed by atoms with Crippen molar-refractivity contribution < 1.29 is 43.5 Å². The van der Waals surface area contributed by atoms with E-state index in [0.29, 0.717) is 57.1 Å². The van der Waals surface area contributed by atoms with Crippen molar-refractivity contribution in [2.24, 2.45) is 0 Å². The molecule has 0 saturated carbocycles. The molecular weight excluding hydrogens is 872 g/mol. The van der Waals surface area contributed by atoms with Crippen LogP contribution in [-0.2, 0) is 46.9 Å². The number of hydrogen-bond acceptors (Lipinski definition) is 3. The van der Waals surface area contributed by atoms with E-state index < -0.39 is 21.7 Å². The highest BCUT2D eigenvalue weighted by Gasteiger charge is 2.34. The van der Waals surface area contributed by atoms with Crippen molar-refractivity contribution in [2.45, 2.75) is 62.5 Å². The molecule has 7 rings (SSSR count). The molecule has 0 radical (unpaired) electrons. The largest absolute Gasteiger partial charge is 0.308 e. The molecule has 15 heteroatoms. The molecule has 5 aromatic carbocycles. The minimum Gasteiger partial charge on any atom is -0.308 e. The highest BCUT2D eigenvalue weighted by molar-refractivity contribution is 9.09. The smallest absolute Gasteiger partial charge is 0.243 e. The molecule has 5 aromatic rings. The second kappa shape index (κ2) is 18.8. The maximum Gasteiger partial charge on any atom is 0.243 e. The summed E-state index contributed by atoms with van der Waals surface area (Å²) in [5.74, 6) is -3.22. The Balaban J connectivity index is 0.000000170. The van der Waals surface area contributed by atoms with E-state index in [1.807, 2.05) is 6.92 Å². The summed E-state index contributed by atoms with van der Waals surface area (Å²) in [6.07, 6.45) is 0. The number of aryl methyl sites for hydroxylation is 1. The van der Waals surface area contributed by atoms with Crippen molar-refractivity contribution in [3.8, 4) is 0 Å². The van der Waals surface area contributed by atoms with Gasteiger partial charge in [-0.25, -0.2) is 43.5 Å². The van der Waals surface area contributed by atoms with Crippen molar-refractivity contribution >= 4 is 41.9 Å². The quantitative estimate of drug-likeness (QED) is 0.144. The van der Waals surface area contributed by atoms with Gasteiger partial charge in [0.1, 0.15) is 46.5 Å². The van der Waals surface area contributed by atoms with Gasteiger partial charge in [0.25, 0.3) is 0 Å². The third-order valence-corrected chi connectivity index (χ3v) is 11.7. The van der Waals surface area contributed by atoms with Crippen LogP contribution < -0.4 is 5.32 Å². The number of fused-ring (bicyclic) bond motifs is 2. The first-order valence-corrected chi connectivity index (χ1v) is 19.9. The van der Waals surface area contributed by atoms with E-state index in [1.54, 1.807) is 26.0 Å². The summed E-state index contributed by atoms with van der Waals surface area (Å²) in [5.41, 5.74) is 3.67. The first-order valence-electron chi connectivity index (χ1n) is 16.2. The molecule has 0 aromatic heterocycles. The summed E-state index contributed by atoms with van der Waals surface area (Å²) in [7, 11) is -3.76. The van der Waals surface area contributed by atoms with Gasteiger partial charge in [-0.3, -0.25) is 0 Å². The van der Waals surface area contributed by atoms with Crippen LogP contribution in [0.3, 0.4) is 0 Å².